The molecule has 0 saturated heterocycles. The number of rotatable bonds is 2. The molecule has 0 aromatic rings. The van der Waals surface area contributed by atoms with Crippen molar-refractivity contribution in [3.8, 4) is 0 Å². The van der Waals surface area contributed by atoms with Crippen molar-refractivity contribution in [2.75, 3.05) is 0 Å². The maximum Gasteiger partial charge on any atom is 0.239 e. The quantitative estimate of drug-likeness (QED) is 0.707. The normalized spacial score (nSPS) is 21.7. The van der Waals surface area contributed by atoms with Crippen LogP contribution in [0, 0.1) is 0 Å². The molecule has 0 heterocycles. The molecule has 0 unspecified atom stereocenters. The summed E-state index contributed by atoms with van der Waals surface area (Å²) < 4.78 is 0. The first kappa shape index (κ1) is 11.5. The van der Waals surface area contributed by atoms with E-state index >= 15 is 0 Å². The Hall–Kier alpha value is -0.570. The molecule has 0 bridgehead atoms. The second kappa shape index (κ2) is 3.89. The molecule has 0 radical (unpaired) electrons. The van der Waals surface area contributed by atoms with Gasteiger partial charge in [-0.2, -0.15) is 0 Å². The fraction of sp³-hybridized carbons (Fsp3) is 0.909. The number of hydrogen-bond acceptors (Lipinski definition) is 2. The van der Waals surface area contributed by atoms with Crippen LogP contribution in [0.15, 0.2) is 0 Å². The molecule has 3 N–H and O–H groups in total. The van der Waals surface area contributed by atoms with Gasteiger partial charge >= 0.3 is 0 Å². The first-order valence-electron chi connectivity index (χ1n) is 5.45. The number of carbonyl (C=O) groups is 1. The van der Waals surface area contributed by atoms with Crippen molar-refractivity contribution in [2.24, 2.45) is 5.73 Å². The van der Waals surface area contributed by atoms with Gasteiger partial charge in [-0.1, -0.05) is 19.3 Å². The summed E-state index contributed by atoms with van der Waals surface area (Å²) in [5, 5.41) is 3.07. The lowest BCUT2D eigenvalue weighted by Crippen LogP contribution is -2.57. The number of carbonyl (C=O) groups excluding carboxylic acids is 1. The molecule has 0 aliphatic heterocycles. The van der Waals surface area contributed by atoms with Crippen LogP contribution in [0.1, 0.15) is 52.9 Å². The third kappa shape index (κ3) is 2.98. The van der Waals surface area contributed by atoms with Gasteiger partial charge in [-0.3, -0.25) is 4.79 Å². The second-order valence-electron chi connectivity index (χ2n) is 5.30. The summed E-state index contributed by atoms with van der Waals surface area (Å²) in [6.07, 6.45) is 5.87. The number of nitrogens with two attached hydrogens (primary N) is 1. The molecule has 1 fully saturated rings. The van der Waals surface area contributed by atoms with E-state index in [4.69, 9.17) is 5.73 Å². The first-order chi connectivity index (χ1) is 6.33. The van der Waals surface area contributed by atoms with E-state index in [1.807, 2.05) is 0 Å². The monoisotopic (exact) mass is 198 g/mol. The van der Waals surface area contributed by atoms with Crippen molar-refractivity contribution < 1.29 is 4.79 Å². The largest absolute Gasteiger partial charge is 0.349 e. The van der Waals surface area contributed by atoms with Gasteiger partial charge in [0.2, 0.25) is 5.91 Å². The van der Waals surface area contributed by atoms with Gasteiger partial charge in [-0.25, -0.2) is 0 Å². The standard InChI is InChI=1S/C11H22N2O/c1-10(2,12)9(14)13-11(3)7-5-4-6-8-11/h4-8,12H2,1-3H3,(H,13,14). The van der Waals surface area contributed by atoms with Crippen molar-refractivity contribution in [1.29, 1.82) is 0 Å². The van der Waals surface area contributed by atoms with Crippen LogP contribution < -0.4 is 11.1 Å². The Morgan fingerprint density at radius 2 is 1.79 bits per heavy atom. The van der Waals surface area contributed by atoms with Gasteiger partial charge in [0.25, 0.3) is 0 Å². The van der Waals surface area contributed by atoms with E-state index in [1.165, 1.54) is 19.3 Å². The van der Waals surface area contributed by atoms with E-state index in [0.717, 1.165) is 12.8 Å². The third-order valence-corrected chi connectivity index (χ3v) is 2.96. The number of amides is 1. The Bertz CT molecular complexity index is 212. The topological polar surface area (TPSA) is 55.1 Å². The summed E-state index contributed by atoms with van der Waals surface area (Å²) in [5.74, 6) is -0.0399. The highest BCUT2D eigenvalue weighted by Gasteiger charge is 2.32. The third-order valence-electron chi connectivity index (χ3n) is 2.96. The smallest absolute Gasteiger partial charge is 0.239 e. The van der Waals surface area contributed by atoms with Gasteiger partial charge in [0, 0.05) is 5.54 Å². The van der Waals surface area contributed by atoms with E-state index in [0.29, 0.717) is 0 Å². The summed E-state index contributed by atoms with van der Waals surface area (Å²) in [7, 11) is 0. The Morgan fingerprint density at radius 1 is 1.29 bits per heavy atom. The Morgan fingerprint density at radius 3 is 2.21 bits per heavy atom. The molecule has 3 heteroatoms. The number of hydrogen-bond donors (Lipinski definition) is 2. The molecular formula is C11H22N2O. The van der Waals surface area contributed by atoms with Crippen LogP contribution in [0.2, 0.25) is 0 Å². The Balaban J connectivity index is 2.54. The first-order valence-corrected chi connectivity index (χ1v) is 5.45. The molecule has 0 atom stereocenters. The predicted molar refractivity (Wildman–Crippen MR) is 57.9 cm³/mol. The van der Waals surface area contributed by atoms with E-state index in [1.54, 1.807) is 13.8 Å². The van der Waals surface area contributed by atoms with E-state index in [-0.39, 0.29) is 11.4 Å². The van der Waals surface area contributed by atoms with Crippen molar-refractivity contribution >= 4 is 5.91 Å². The molecular weight excluding hydrogens is 176 g/mol. The van der Waals surface area contributed by atoms with Crippen LogP contribution in [0.3, 0.4) is 0 Å². The maximum absolute atomic E-state index is 11.7. The average molecular weight is 198 g/mol. The second-order valence-corrected chi connectivity index (χ2v) is 5.30. The van der Waals surface area contributed by atoms with Crippen LogP contribution in [0.4, 0.5) is 0 Å². The van der Waals surface area contributed by atoms with Crippen LogP contribution in [-0.2, 0) is 4.79 Å². The van der Waals surface area contributed by atoms with E-state index in [2.05, 4.69) is 12.2 Å². The lowest BCUT2D eigenvalue weighted by atomic mass is 9.83. The molecule has 1 aliphatic carbocycles. The van der Waals surface area contributed by atoms with Gasteiger partial charge in [0.05, 0.1) is 5.54 Å². The highest BCUT2D eigenvalue weighted by molar-refractivity contribution is 5.85. The molecule has 3 nitrogen and oxygen atoms in total. The summed E-state index contributed by atoms with van der Waals surface area (Å²) in [4.78, 5) is 11.7. The number of nitrogens with one attached hydrogen (secondary N) is 1. The minimum absolute atomic E-state index is 0.0219. The van der Waals surface area contributed by atoms with E-state index in [9.17, 15) is 4.79 Å². The molecule has 14 heavy (non-hydrogen) atoms. The zero-order valence-corrected chi connectivity index (χ0v) is 9.52. The molecule has 82 valence electrons. The highest BCUT2D eigenvalue weighted by Crippen LogP contribution is 2.27. The fourth-order valence-electron chi connectivity index (χ4n) is 1.89. The summed E-state index contributed by atoms with van der Waals surface area (Å²) in [6.45, 7) is 5.61. The van der Waals surface area contributed by atoms with Crippen LogP contribution in [0.5, 0.6) is 0 Å². The summed E-state index contributed by atoms with van der Waals surface area (Å²) in [6, 6.07) is 0. The molecule has 1 amide bonds. The van der Waals surface area contributed by atoms with Crippen LogP contribution in [-0.4, -0.2) is 17.0 Å². The Labute approximate surface area is 86.4 Å². The SMILES string of the molecule is CC1(NC(=O)C(C)(C)N)CCCCC1. The average Bonchev–Trinajstić information content (AvgIpc) is 2.02. The summed E-state index contributed by atoms with van der Waals surface area (Å²) >= 11 is 0. The van der Waals surface area contributed by atoms with Gasteiger partial charge in [0.15, 0.2) is 0 Å². The van der Waals surface area contributed by atoms with Gasteiger partial charge < -0.3 is 11.1 Å². The van der Waals surface area contributed by atoms with Crippen molar-refractivity contribution in [3.05, 3.63) is 0 Å². The summed E-state index contributed by atoms with van der Waals surface area (Å²) in [5.41, 5.74) is 4.96. The lowest BCUT2D eigenvalue weighted by molar-refractivity contribution is -0.127. The van der Waals surface area contributed by atoms with Crippen molar-refractivity contribution in [2.45, 2.75) is 64.0 Å². The minimum Gasteiger partial charge on any atom is -0.349 e. The molecule has 0 spiro atoms. The lowest BCUT2D eigenvalue weighted by Gasteiger charge is -2.36. The molecule has 1 rings (SSSR count). The fourth-order valence-corrected chi connectivity index (χ4v) is 1.89. The molecule has 1 saturated carbocycles. The predicted octanol–water partition coefficient (Wildman–Crippen LogP) is 1.56. The maximum atomic E-state index is 11.7. The van der Waals surface area contributed by atoms with Crippen molar-refractivity contribution in [3.63, 3.8) is 0 Å². The minimum atomic E-state index is -0.763. The van der Waals surface area contributed by atoms with Gasteiger partial charge in [-0.05, 0) is 33.6 Å². The van der Waals surface area contributed by atoms with Crippen molar-refractivity contribution in [1.82, 2.24) is 5.32 Å². The van der Waals surface area contributed by atoms with Crippen LogP contribution >= 0.6 is 0 Å². The van der Waals surface area contributed by atoms with E-state index < -0.39 is 5.54 Å². The molecule has 0 aromatic carbocycles. The highest BCUT2D eigenvalue weighted by atomic mass is 16.2. The molecule has 1 aliphatic rings. The zero-order chi connectivity index (χ0) is 10.8. The van der Waals surface area contributed by atoms with Gasteiger partial charge in [0.1, 0.15) is 0 Å². The Kier molecular flexibility index (Phi) is 3.20. The zero-order valence-electron chi connectivity index (χ0n) is 9.52. The van der Waals surface area contributed by atoms with Gasteiger partial charge in [-0.15, -0.1) is 0 Å². The van der Waals surface area contributed by atoms with Crippen LogP contribution in [0.25, 0.3) is 0 Å². The molecule has 0 aromatic heterocycles.